The zero-order valence-corrected chi connectivity index (χ0v) is 14.0. The molecule has 0 aliphatic carbocycles. The standard InChI is InChI=1S/C12H18NO6.Y/c1-6-2-3-18-8-5-12(11(16)17,19-9(6)8)4-7(13)10(14)15;/h2,6-9H,3-5,13H2,1H3,(H,14,15)(H,16,17);/q-1;/t6?,7-,8?,9?,12-;/m0./s1. The Labute approximate surface area is 142 Å². The van der Waals surface area contributed by atoms with Crippen LogP contribution in [0.3, 0.4) is 0 Å². The third-order valence-electron chi connectivity index (χ3n) is 3.81. The zero-order chi connectivity index (χ0) is 14.2. The first kappa shape index (κ1) is 18.0. The summed E-state index contributed by atoms with van der Waals surface area (Å²) in [5.41, 5.74) is 3.88. The van der Waals surface area contributed by atoms with Crippen LogP contribution in [0, 0.1) is 12.3 Å². The molecule has 20 heavy (non-hydrogen) atoms. The third kappa shape index (κ3) is 3.39. The van der Waals surface area contributed by atoms with E-state index in [9.17, 15) is 14.7 Å². The van der Waals surface area contributed by atoms with E-state index in [1.54, 1.807) is 0 Å². The SMILES string of the molecule is CC1[CH-]COC2C[C@@](C[C@H](N)C(=O)O)(C(=O)O)OC12.[Y]. The Morgan fingerprint density at radius 2 is 2.15 bits per heavy atom. The molecule has 2 rings (SSSR count). The van der Waals surface area contributed by atoms with Gasteiger partial charge in [-0.3, -0.25) is 11.2 Å². The van der Waals surface area contributed by atoms with E-state index in [1.807, 2.05) is 13.3 Å². The van der Waals surface area contributed by atoms with Gasteiger partial charge in [0.25, 0.3) is 0 Å². The molecule has 0 saturated carbocycles. The van der Waals surface area contributed by atoms with Crippen LogP contribution in [-0.2, 0) is 51.8 Å². The molecule has 2 heterocycles. The summed E-state index contributed by atoms with van der Waals surface area (Å²) in [5.74, 6) is -2.35. The molecule has 2 fully saturated rings. The first-order chi connectivity index (χ1) is 8.85. The predicted octanol–water partition coefficient (Wildman–Crippen LogP) is -0.363. The fourth-order valence-corrected chi connectivity index (χ4v) is 2.69. The molecule has 8 heteroatoms. The second-order valence-corrected chi connectivity index (χ2v) is 5.20. The number of hydrogen-bond acceptors (Lipinski definition) is 5. The van der Waals surface area contributed by atoms with Crippen LogP contribution in [-0.4, -0.2) is 52.6 Å². The van der Waals surface area contributed by atoms with E-state index < -0.39 is 23.6 Å². The Bertz CT molecular complexity index is 392. The first-order valence-corrected chi connectivity index (χ1v) is 6.20. The smallest absolute Gasteiger partial charge is 0.336 e. The second kappa shape index (κ2) is 6.79. The average Bonchev–Trinajstić information content (AvgIpc) is 2.70. The van der Waals surface area contributed by atoms with Gasteiger partial charge in [0.15, 0.2) is 5.60 Å². The van der Waals surface area contributed by atoms with E-state index in [2.05, 4.69) is 0 Å². The van der Waals surface area contributed by atoms with Crippen LogP contribution in [0.15, 0.2) is 0 Å². The second-order valence-electron chi connectivity index (χ2n) is 5.20. The maximum atomic E-state index is 11.5. The average molecular weight is 361 g/mol. The summed E-state index contributed by atoms with van der Waals surface area (Å²) in [6, 6.07) is -1.27. The van der Waals surface area contributed by atoms with Gasteiger partial charge in [0, 0.05) is 45.6 Å². The predicted molar refractivity (Wildman–Crippen MR) is 63.3 cm³/mol. The van der Waals surface area contributed by atoms with Gasteiger partial charge in [0.1, 0.15) is 6.04 Å². The van der Waals surface area contributed by atoms with Gasteiger partial charge in [-0.2, -0.15) is 0 Å². The number of ether oxygens (including phenoxy) is 2. The summed E-state index contributed by atoms with van der Waals surface area (Å²) in [6.07, 6.45) is 1.10. The molecule has 2 saturated heterocycles. The number of aliphatic carboxylic acids is 2. The summed E-state index contributed by atoms with van der Waals surface area (Å²) in [6.45, 7) is 2.38. The van der Waals surface area contributed by atoms with Crippen molar-refractivity contribution in [3.05, 3.63) is 6.42 Å². The molecule has 1 radical (unpaired) electrons. The summed E-state index contributed by atoms with van der Waals surface area (Å²) in [5, 5.41) is 18.2. The van der Waals surface area contributed by atoms with Crippen LogP contribution in [0.4, 0.5) is 0 Å². The molecule has 4 N–H and O–H groups in total. The topological polar surface area (TPSA) is 119 Å². The zero-order valence-electron chi connectivity index (χ0n) is 11.2. The van der Waals surface area contributed by atoms with Gasteiger partial charge in [-0.05, 0) is 0 Å². The van der Waals surface area contributed by atoms with Crippen LogP contribution in [0.25, 0.3) is 0 Å². The number of nitrogens with two attached hydrogens (primary N) is 1. The van der Waals surface area contributed by atoms with E-state index in [1.165, 1.54) is 0 Å². The van der Waals surface area contributed by atoms with Crippen molar-refractivity contribution in [2.75, 3.05) is 6.61 Å². The van der Waals surface area contributed by atoms with Crippen molar-refractivity contribution in [3.63, 3.8) is 0 Å². The van der Waals surface area contributed by atoms with Crippen molar-refractivity contribution >= 4 is 11.9 Å². The molecular weight excluding hydrogens is 343 g/mol. The van der Waals surface area contributed by atoms with Gasteiger partial charge < -0.3 is 25.4 Å². The van der Waals surface area contributed by atoms with Crippen LogP contribution in [0.1, 0.15) is 19.8 Å². The molecule has 111 valence electrons. The molecule has 7 nitrogen and oxygen atoms in total. The monoisotopic (exact) mass is 361 g/mol. The number of carboxylic acids is 2. The Hall–Kier alpha value is -0.0761. The van der Waals surface area contributed by atoms with E-state index >= 15 is 0 Å². The normalized spacial score (nSPS) is 37.6. The van der Waals surface area contributed by atoms with Crippen LogP contribution in [0.2, 0.25) is 0 Å². The summed E-state index contributed by atoms with van der Waals surface area (Å²) in [4.78, 5) is 22.3. The molecule has 2 aliphatic rings. The molecule has 2 aliphatic heterocycles. The fraction of sp³-hybridized carbons (Fsp3) is 0.750. The summed E-state index contributed by atoms with van der Waals surface area (Å²) in [7, 11) is 0. The van der Waals surface area contributed by atoms with E-state index in [4.69, 9.17) is 20.3 Å². The summed E-state index contributed by atoms with van der Waals surface area (Å²) < 4.78 is 11.1. The Morgan fingerprint density at radius 3 is 2.65 bits per heavy atom. The molecule has 0 bridgehead atoms. The molecular formula is C12H18NO6Y-. The molecule has 0 amide bonds. The molecule has 0 aromatic carbocycles. The molecule has 0 spiro atoms. The third-order valence-corrected chi connectivity index (χ3v) is 3.81. The van der Waals surface area contributed by atoms with Crippen LogP contribution >= 0.6 is 0 Å². The van der Waals surface area contributed by atoms with Gasteiger partial charge in [0.2, 0.25) is 0 Å². The number of hydrogen-bond donors (Lipinski definition) is 3. The minimum absolute atomic E-state index is 0. The minimum atomic E-state index is -1.57. The van der Waals surface area contributed by atoms with Crippen molar-refractivity contribution in [3.8, 4) is 0 Å². The van der Waals surface area contributed by atoms with Crippen LogP contribution < -0.4 is 5.73 Å². The Kier molecular flexibility index (Phi) is 6.10. The van der Waals surface area contributed by atoms with Gasteiger partial charge in [-0.15, -0.1) is 5.92 Å². The van der Waals surface area contributed by atoms with Gasteiger partial charge >= 0.3 is 11.9 Å². The van der Waals surface area contributed by atoms with Crippen molar-refractivity contribution in [2.45, 2.75) is 43.6 Å². The minimum Gasteiger partial charge on any atom is -0.480 e. The Balaban J connectivity index is 0.00000200. The van der Waals surface area contributed by atoms with Crippen molar-refractivity contribution in [2.24, 2.45) is 11.7 Å². The molecule has 3 unspecified atom stereocenters. The molecule has 5 atom stereocenters. The number of rotatable bonds is 4. The van der Waals surface area contributed by atoms with Crippen molar-refractivity contribution < 1.29 is 62.0 Å². The van der Waals surface area contributed by atoms with Gasteiger partial charge in [-0.1, -0.05) is 13.5 Å². The van der Waals surface area contributed by atoms with E-state index in [0.717, 1.165) is 0 Å². The Morgan fingerprint density at radius 1 is 1.50 bits per heavy atom. The molecule has 0 aromatic rings. The van der Waals surface area contributed by atoms with Gasteiger partial charge in [0.05, 0.1) is 12.2 Å². The fourth-order valence-electron chi connectivity index (χ4n) is 2.69. The maximum Gasteiger partial charge on any atom is 0.336 e. The number of carbonyl (C=O) groups is 2. The first-order valence-electron chi connectivity index (χ1n) is 6.20. The number of fused-ring (bicyclic) bond motifs is 1. The maximum absolute atomic E-state index is 11.5. The van der Waals surface area contributed by atoms with Crippen LogP contribution in [0.5, 0.6) is 0 Å². The quantitative estimate of drug-likeness (QED) is 0.585. The summed E-state index contributed by atoms with van der Waals surface area (Å²) >= 11 is 0. The van der Waals surface area contributed by atoms with Crippen molar-refractivity contribution in [1.82, 2.24) is 0 Å². The van der Waals surface area contributed by atoms with E-state index in [0.29, 0.717) is 6.61 Å². The van der Waals surface area contributed by atoms with E-state index in [-0.39, 0.29) is 63.7 Å². The van der Waals surface area contributed by atoms with Crippen molar-refractivity contribution in [1.29, 1.82) is 0 Å². The number of carboxylic acid groups (broad SMARTS) is 2. The molecule has 0 aromatic heterocycles. The van der Waals surface area contributed by atoms with Gasteiger partial charge in [-0.25, -0.2) is 4.79 Å². The largest absolute Gasteiger partial charge is 0.480 e.